The Balaban J connectivity index is 3.22. The molecule has 0 spiro atoms. The molecule has 0 aromatic carbocycles. The molecule has 0 aliphatic heterocycles. The summed E-state index contributed by atoms with van der Waals surface area (Å²) in [6, 6.07) is 0. The van der Waals surface area contributed by atoms with Gasteiger partial charge < -0.3 is 10.2 Å². The summed E-state index contributed by atoms with van der Waals surface area (Å²) in [5.41, 5.74) is -2.29. The first kappa shape index (κ1) is 11.0. The van der Waals surface area contributed by atoms with Gasteiger partial charge in [0.25, 0.3) is 0 Å². The second-order valence-electron chi connectivity index (χ2n) is 4.58. The van der Waals surface area contributed by atoms with Gasteiger partial charge in [-0.15, -0.1) is 0 Å². The summed E-state index contributed by atoms with van der Waals surface area (Å²) in [5.74, 6) is -2.11. The molecule has 1 fully saturated rings. The molecule has 1 aliphatic carbocycles. The quantitative estimate of drug-likeness (QED) is 0.710. The van der Waals surface area contributed by atoms with Crippen LogP contribution in [0.1, 0.15) is 33.6 Å². The van der Waals surface area contributed by atoms with Crippen LogP contribution >= 0.6 is 0 Å². The van der Waals surface area contributed by atoms with Crippen molar-refractivity contribution in [3.8, 4) is 0 Å². The molecule has 0 aromatic rings. The summed E-state index contributed by atoms with van der Waals surface area (Å²) in [6.07, 6.45) is 1.10. The first-order valence-electron chi connectivity index (χ1n) is 4.73. The van der Waals surface area contributed by atoms with Gasteiger partial charge in [0.15, 0.2) is 0 Å². The fraction of sp³-hybridized carbons (Fsp3) is 0.800. The van der Waals surface area contributed by atoms with Crippen LogP contribution in [0.25, 0.3) is 0 Å². The van der Waals surface area contributed by atoms with Crippen LogP contribution in [-0.4, -0.2) is 22.2 Å². The molecule has 4 heteroatoms. The lowest BCUT2D eigenvalue weighted by Crippen LogP contribution is -2.47. The lowest BCUT2D eigenvalue weighted by Gasteiger charge is -2.36. The van der Waals surface area contributed by atoms with Crippen molar-refractivity contribution in [2.45, 2.75) is 33.6 Å². The highest BCUT2D eigenvalue weighted by molar-refractivity contribution is 5.87. The van der Waals surface area contributed by atoms with E-state index in [1.165, 1.54) is 6.92 Å². The molecule has 1 aliphatic rings. The molecule has 0 heterocycles. The van der Waals surface area contributed by atoms with Gasteiger partial charge in [0.2, 0.25) is 0 Å². The van der Waals surface area contributed by atoms with Gasteiger partial charge in [-0.25, -0.2) is 0 Å². The zero-order valence-corrected chi connectivity index (χ0v) is 8.70. The Morgan fingerprint density at radius 1 is 1.21 bits per heavy atom. The van der Waals surface area contributed by atoms with Crippen molar-refractivity contribution >= 4 is 11.9 Å². The van der Waals surface area contributed by atoms with Crippen LogP contribution in [0.5, 0.6) is 0 Å². The highest BCUT2D eigenvalue weighted by Crippen LogP contribution is 2.56. The van der Waals surface area contributed by atoms with Crippen molar-refractivity contribution in [2.24, 2.45) is 16.7 Å². The minimum Gasteiger partial charge on any atom is -0.481 e. The number of rotatable bonds is 2. The summed E-state index contributed by atoms with van der Waals surface area (Å²) >= 11 is 0. The van der Waals surface area contributed by atoms with Crippen LogP contribution in [0.15, 0.2) is 0 Å². The fourth-order valence-electron chi connectivity index (χ4n) is 2.37. The molecular weight excluding hydrogens is 184 g/mol. The van der Waals surface area contributed by atoms with Crippen molar-refractivity contribution in [1.82, 2.24) is 0 Å². The fourth-order valence-corrected chi connectivity index (χ4v) is 2.37. The number of aliphatic carboxylic acids is 2. The third-order valence-electron chi connectivity index (χ3n) is 4.13. The van der Waals surface area contributed by atoms with Crippen LogP contribution in [0.4, 0.5) is 0 Å². The van der Waals surface area contributed by atoms with Crippen LogP contribution in [0, 0.1) is 16.7 Å². The third kappa shape index (κ3) is 1.06. The summed E-state index contributed by atoms with van der Waals surface area (Å²) < 4.78 is 0. The van der Waals surface area contributed by atoms with Crippen molar-refractivity contribution in [3.05, 3.63) is 0 Å². The number of carbonyl (C=O) groups is 2. The molecule has 1 saturated carbocycles. The van der Waals surface area contributed by atoms with Crippen LogP contribution < -0.4 is 0 Å². The molecule has 3 unspecified atom stereocenters. The van der Waals surface area contributed by atoms with E-state index in [4.69, 9.17) is 10.2 Å². The van der Waals surface area contributed by atoms with E-state index in [1.54, 1.807) is 6.92 Å². The SMILES string of the molecule is CC1CCC(C)(C(=O)O)C1(C)C(=O)O. The Bertz CT molecular complexity index is 286. The van der Waals surface area contributed by atoms with E-state index in [0.29, 0.717) is 12.8 Å². The first-order chi connectivity index (χ1) is 6.26. The van der Waals surface area contributed by atoms with Crippen LogP contribution in [-0.2, 0) is 9.59 Å². The van der Waals surface area contributed by atoms with E-state index in [-0.39, 0.29) is 5.92 Å². The van der Waals surface area contributed by atoms with Crippen molar-refractivity contribution < 1.29 is 19.8 Å². The van der Waals surface area contributed by atoms with Gasteiger partial charge in [-0.1, -0.05) is 6.92 Å². The Morgan fingerprint density at radius 3 is 2.00 bits per heavy atom. The van der Waals surface area contributed by atoms with Gasteiger partial charge in [-0.05, 0) is 32.6 Å². The molecule has 0 radical (unpaired) electrons. The Labute approximate surface area is 82.9 Å². The average Bonchev–Trinajstić information content (AvgIpc) is 2.32. The minimum atomic E-state index is -1.15. The van der Waals surface area contributed by atoms with E-state index in [2.05, 4.69) is 0 Å². The Kier molecular flexibility index (Phi) is 2.34. The smallest absolute Gasteiger partial charge is 0.310 e. The van der Waals surface area contributed by atoms with Crippen molar-refractivity contribution in [3.63, 3.8) is 0 Å². The molecule has 0 amide bonds. The second kappa shape index (κ2) is 2.97. The molecule has 3 atom stereocenters. The van der Waals surface area contributed by atoms with Gasteiger partial charge >= 0.3 is 11.9 Å². The predicted octanol–water partition coefficient (Wildman–Crippen LogP) is 1.60. The highest BCUT2D eigenvalue weighted by Gasteiger charge is 2.62. The van der Waals surface area contributed by atoms with Crippen LogP contribution in [0.3, 0.4) is 0 Å². The molecular formula is C10H16O4. The van der Waals surface area contributed by atoms with Gasteiger partial charge in [0, 0.05) is 0 Å². The molecule has 80 valence electrons. The van der Waals surface area contributed by atoms with Gasteiger partial charge in [-0.2, -0.15) is 0 Å². The summed E-state index contributed by atoms with van der Waals surface area (Å²) in [6.45, 7) is 4.89. The normalized spacial score (nSPS) is 42.4. The minimum absolute atomic E-state index is 0.0962. The van der Waals surface area contributed by atoms with E-state index in [0.717, 1.165) is 0 Å². The maximum atomic E-state index is 11.2. The number of carboxylic acids is 2. The predicted molar refractivity (Wildman–Crippen MR) is 49.9 cm³/mol. The molecule has 14 heavy (non-hydrogen) atoms. The molecule has 0 saturated heterocycles. The van der Waals surface area contributed by atoms with E-state index in [1.807, 2.05) is 6.92 Å². The number of hydrogen-bond acceptors (Lipinski definition) is 2. The van der Waals surface area contributed by atoms with Crippen molar-refractivity contribution in [2.75, 3.05) is 0 Å². The van der Waals surface area contributed by atoms with Gasteiger partial charge in [-0.3, -0.25) is 9.59 Å². The highest BCUT2D eigenvalue weighted by atomic mass is 16.4. The number of hydrogen-bond donors (Lipinski definition) is 2. The molecule has 0 aromatic heterocycles. The molecule has 1 rings (SSSR count). The summed E-state index contributed by atoms with van der Waals surface area (Å²) in [4.78, 5) is 22.3. The lowest BCUT2D eigenvalue weighted by molar-refractivity contribution is -0.170. The molecule has 4 nitrogen and oxygen atoms in total. The van der Waals surface area contributed by atoms with Gasteiger partial charge in [0.05, 0.1) is 10.8 Å². The van der Waals surface area contributed by atoms with E-state index in [9.17, 15) is 9.59 Å². The number of carboxylic acid groups (broad SMARTS) is 2. The standard InChI is InChI=1S/C10H16O4/c1-6-4-5-9(2,7(11)12)10(6,3)8(13)14/h6H,4-5H2,1-3H3,(H,11,12)(H,13,14). The largest absolute Gasteiger partial charge is 0.481 e. The summed E-state index contributed by atoms with van der Waals surface area (Å²) in [7, 11) is 0. The summed E-state index contributed by atoms with van der Waals surface area (Å²) in [5, 5.41) is 18.3. The lowest BCUT2D eigenvalue weighted by atomic mass is 9.65. The topological polar surface area (TPSA) is 74.6 Å². The van der Waals surface area contributed by atoms with Crippen molar-refractivity contribution in [1.29, 1.82) is 0 Å². The maximum Gasteiger partial charge on any atom is 0.310 e. The zero-order chi connectivity index (χ0) is 11.1. The molecule has 0 bridgehead atoms. The zero-order valence-electron chi connectivity index (χ0n) is 8.70. The second-order valence-corrected chi connectivity index (χ2v) is 4.58. The Hall–Kier alpha value is -1.06. The Morgan fingerprint density at radius 2 is 1.71 bits per heavy atom. The molecule has 2 N–H and O–H groups in total. The third-order valence-corrected chi connectivity index (χ3v) is 4.13. The van der Waals surface area contributed by atoms with E-state index >= 15 is 0 Å². The van der Waals surface area contributed by atoms with Gasteiger partial charge in [0.1, 0.15) is 0 Å². The van der Waals surface area contributed by atoms with Crippen LogP contribution in [0.2, 0.25) is 0 Å². The monoisotopic (exact) mass is 200 g/mol. The first-order valence-corrected chi connectivity index (χ1v) is 4.73. The van der Waals surface area contributed by atoms with E-state index < -0.39 is 22.8 Å². The average molecular weight is 200 g/mol. The maximum absolute atomic E-state index is 11.2.